The van der Waals surface area contributed by atoms with Crippen molar-refractivity contribution in [3.8, 4) is 5.88 Å². The molecular formula is C15H18N4O. The lowest BCUT2D eigenvalue weighted by molar-refractivity contribution is 0.325. The third-order valence-electron chi connectivity index (χ3n) is 3.18. The maximum absolute atomic E-state index is 5.52. The van der Waals surface area contributed by atoms with Crippen molar-refractivity contribution in [2.45, 2.75) is 32.2 Å². The second kappa shape index (κ2) is 5.86. The fourth-order valence-corrected chi connectivity index (χ4v) is 1.97. The van der Waals surface area contributed by atoms with Gasteiger partial charge in [-0.1, -0.05) is 0 Å². The Kier molecular flexibility index (Phi) is 3.76. The van der Waals surface area contributed by atoms with Crippen molar-refractivity contribution in [1.82, 2.24) is 15.0 Å². The summed E-state index contributed by atoms with van der Waals surface area (Å²) in [6.07, 6.45) is 5.94. The molecule has 0 bridgehead atoms. The maximum Gasteiger partial charge on any atom is 0.218 e. The van der Waals surface area contributed by atoms with Crippen LogP contribution in [0.1, 0.15) is 37.1 Å². The number of hydrogen-bond acceptors (Lipinski definition) is 5. The first kappa shape index (κ1) is 12.8. The van der Waals surface area contributed by atoms with Crippen LogP contribution in [0.5, 0.6) is 5.88 Å². The topological polar surface area (TPSA) is 59.9 Å². The molecule has 0 aromatic carbocycles. The van der Waals surface area contributed by atoms with E-state index in [9.17, 15) is 0 Å². The Morgan fingerprint density at radius 3 is 2.75 bits per heavy atom. The molecule has 0 atom stereocenters. The van der Waals surface area contributed by atoms with E-state index in [0.717, 1.165) is 18.2 Å². The Morgan fingerprint density at radius 2 is 2.05 bits per heavy atom. The van der Waals surface area contributed by atoms with E-state index in [1.165, 1.54) is 18.4 Å². The minimum atomic E-state index is 0.511. The summed E-state index contributed by atoms with van der Waals surface area (Å²) in [5.74, 6) is 2.88. The number of anilines is 1. The molecule has 3 rings (SSSR count). The number of pyridine rings is 1. The van der Waals surface area contributed by atoms with E-state index < -0.39 is 0 Å². The predicted molar refractivity (Wildman–Crippen MR) is 76.7 cm³/mol. The first-order valence-electron chi connectivity index (χ1n) is 6.99. The number of nitrogens with one attached hydrogen (secondary N) is 1. The second-order valence-corrected chi connectivity index (χ2v) is 4.87. The highest BCUT2D eigenvalue weighted by molar-refractivity contribution is 5.40. The molecule has 0 saturated heterocycles. The van der Waals surface area contributed by atoms with Gasteiger partial charge in [0.25, 0.3) is 0 Å². The molecule has 1 aliphatic carbocycles. The molecule has 2 aromatic heterocycles. The van der Waals surface area contributed by atoms with E-state index in [4.69, 9.17) is 4.74 Å². The zero-order valence-electron chi connectivity index (χ0n) is 11.5. The SMILES string of the molecule is CCOc1cc(NCc2ccncc2)nc(C2CC2)n1. The molecule has 2 heterocycles. The number of rotatable bonds is 6. The number of hydrogen-bond donors (Lipinski definition) is 1. The average Bonchev–Trinajstić information content (AvgIpc) is 3.31. The average molecular weight is 270 g/mol. The Labute approximate surface area is 118 Å². The van der Waals surface area contributed by atoms with Gasteiger partial charge >= 0.3 is 0 Å². The van der Waals surface area contributed by atoms with Gasteiger partial charge in [0, 0.05) is 30.9 Å². The van der Waals surface area contributed by atoms with Crippen LogP contribution in [0.4, 0.5) is 5.82 Å². The highest BCUT2D eigenvalue weighted by Crippen LogP contribution is 2.39. The zero-order chi connectivity index (χ0) is 13.8. The summed E-state index contributed by atoms with van der Waals surface area (Å²) in [4.78, 5) is 13.0. The summed E-state index contributed by atoms with van der Waals surface area (Å²) in [6.45, 7) is 3.29. The van der Waals surface area contributed by atoms with Gasteiger partial charge in [-0.05, 0) is 37.5 Å². The minimum absolute atomic E-state index is 0.511. The van der Waals surface area contributed by atoms with Crippen LogP contribution in [0, 0.1) is 0 Å². The van der Waals surface area contributed by atoms with Gasteiger partial charge in [0.2, 0.25) is 5.88 Å². The van der Waals surface area contributed by atoms with E-state index in [2.05, 4.69) is 20.3 Å². The lowest BCUT2D eigenvalue weighted by atomic mass is 10.3. The van der Waals surface area contributed by atoms with Crippen LogP contribution in [-0.2, 0) is 6.54 Å². The van der Waals surface area contributed by atoms with E-state index in [0.29, 0.717) is 18.4 Å². The number of nitrogens with zero attached hydrogens (tertiary/aromatic N) is 3. The minimum Gasteiger partial charge on any atom is -0.478 e. The van der Waals surface area contributed by atoms with Crippen molar-refractivity contribution in [1.29, 1.82) is 0 Å². The van der Waals surface area contributed by atoms with Crippen molar-refractivity contribution >= 4 is 5.82 Å². The highest BCUT2D eigenvalue weighted by atomic mass is 16.5. The number of aromatic nitrogens is 3. The first-order valence-corrected chi connectivity index (χ1v) is 6.99. The smallest absolute Gasteiger partial charge is 0.218 e. The lowest BCUT2D eigenvalue weighted by Gasteiger charge is -2.10. The Balaban J connectivity index is 1.74. The highest BCUT2D eigenvalue weighted by Gasteiger charge is 2.27. The third kappa shape index (κ3) is 3.23. The summed E-state index contributed by atoms with van der Waals surface area (Å²) in [7, 11) is 0. The Bertz CT molecular complexity index is 569. The molecular weight excluding hydrogens is 252 g/mol. The van der Waals surface area contributed by atoms with Gasteiger partial charge in [0.1, 0.15) is 11.6 Å². The van der Waals surface area contributed by atoms with Crippen LogP contribution >= 0.6 is 0 Å². The normalized spacial score (nSPS) is 14.1. The molecule has 104 valence electrons. The molecule has 1 aliphatic rings. The monoisotopic (exact) mass is 270 g/mol. The van der Waals surface area contributed by atoms with Gasteiger partial charge in [-0.15, -0.1) is 0 Å². The summed E-state index contributed by atoms with van der Waals surface area (Å²) in [6, 6.07) is 5.83. The van der Waals surface area contributed by atoms with E-state index in [-0.39, 0.29) is 0 Å². The van der Waals surface area contributed by atoms with Gasteiger partial charge in [-0.25, -0.2) is 4.98 Å². The molecule has 0 spiro atoms. The molecule has 5 heteroatoms. The Morgan fingerprint density at radius 1 is 1.25 bits per heavy atom. The van der Waals surface area contributed by atoms with E-state index >= 15 is 0 Å². The van der Waals surface area contributed by atoms with Crippen LogP contribution in [0.15, 0.2) is 30.6 Å². The second-order valence-electron chi connectivity index (χ2n) is 4.87. The molecule has 0 unspecified atom stereocenters. The molecule has 20 heavy (non-hydrogen) atoms. The van der Waals surface area contributed by atoms with Gasteiger partial charge < -0.3 is 10.1 Å². The van der Waals surface area contributed by atoms with Crippen LogP contribution in [-0.4, -0.2) is 21.6 Å². The van der Waals surface area contributed by atoms with Crippen molar-refractivity contribution in [3.63, 3.8) is 0 Å². The molecule has 1 fully saturated rings. The van der Waals surface area contributed by atoms with Gasteiger partial charge in [-0.2, -0.15) is 4.98 Å². The van der Waals surface area contributed by atoms with Crippen LogP contribution < -0.4 is 10.1 Å². The van der Waals surface area contributed by atoms with Gasteiger partial charge in [-0.3, -0.25) is 4.98 Å². The van der Waals surface area contributed by atoms with Gasteiger partial charge in [0.05, 0.1) is 6.61 Å². The van der Waals surface area contributed by atoms with Crippen molar-refractivity contribution in [2.75, 3.05) is 11.9 Å². The Hall–Kier alpha value is -2.17. The summed E-state index contributed by atoms with van der Waals surface area (Å²) in [5.41, 5.74) is 1.17. The fourth-order valence-electron chi connectivity index (χ4n) is 1.97. The van der Waals surface area contributed by atoms with Crippen LogP contribution in [0.25, 0.3) is 0 Å². The number of ether oxygens (including phenoxy) is 1. The maximum atomic E-state index is 5.52. The molecule has 1 saturated carbocycles. The largest absolute Gasteiger partial charge is 0.478 e. The standard InChI is InChI=1S/C15H18N4O/c1-2-20-14-9-13(18-15(19-14)12-3-4-12)17-10-11-5-7-16-8-6-11/h5-9,12H,2-4,10H2,1H3,(H,17,18,19). The van der Waals surface area contributed by atoms with Crippen LogP contribution in [0.2, 0.25) is 0 Å². The van der Waals surface area contributed by atoms with Crippen molar-refractivity contribution in [3.05, 3.63) is 42.0 Å². The molecule has 0 aliphatic heterocycles. The van der Waals surface area contributed by atoms with Gasteiger partial charge in [0.15, 0.2) is 0 Å². The van der Waals surface area contributed by atoms with Crippen molar-refractivity contribution in [2.24, 2.45) is 0 Å². The molecule has 0 radical (unpaired) electrons. The summed E-state index contributed by atoms with van der Waals surface area (Å²) in [5, 5.41) is 3.32. The quantitative estimate of drug-likeness (QED) is 0.874. The molecule has 2 aromatic rings. The summed E-state index contributed by atoms with van der Waals surface area (Å²) < 4.78 is 5.52. The third-order valence-corrected chi connectivity index (χ3v) is 3.18. The van der Waals surface area contributed by atoms with E-state index in [1.54, 1.807) is 12.4 Å². The molecule has 0 amide bonds. The lowest BCUT2D eigenvalue weighted by Crippen LogP contribution is -2.06. The predicted octanol–water partition coefficient (Wildman–Crippen LogP) is 2.76. The first-order chi connectivity index (χ1) is 9.85. The van der Waals surface area contributed by atoms with Crippen molar-refractivity contribution < 1.29 is 4.74 Å². The molecule has 1 N–H and O–H groups in total. The molecule has 5 nitrogen and oxygen atoms in total. The zero-order valence-corrected chi connectivity index (χ0v) is 11.5. The summed E-state index contributed by atoms with van der Waals surface area (Å²) >= 11 is 0. The fraction of sp³-hybridized carbons (Fsp3) is 0.400. The van der Waals surface area contributed by atoms with E-state index in [1.807, 2.05) is 25.1 Å². The van der Waals surface area contributed by atoms with Crippen LogP contribution in [0.3, 0.4) is 0 Å².